The van der Waals surface area contributed by atoms with E-state index in [-0.39, 0.29) is 30.2 Å². The van der Waals surface area contributed by atoms with Crippen molar-refractivity contribution in [2.45, 2.75) is 76.5 Å². The summed E-state index contributed by atoms with van der Waals surface area (Å²) in [5.74, 6) is 0.245. The Bertz CT molecular complexity index is 2310. The SMILES string of the molecule is CNc1nn(C)c2c(-c3ccc(C4C5C6C[C@]6(C(C)(C)O)C45)nc3[C@H](Cc3cc(F)cc(F)c3)NC(=O)Cn3nc4c(c3Cl)CCCC4)ccc(Cl)c12. The molecule has 0 aliphatic heterocycles. The molecule has 2 aromatic carbocycles. The van der Waals surface area contributed by atoms with E-state index < -0.39 is 23.3 Å². The number of hydrogen-bond acceptors (Lipinski definition) is 6. The maximum absolute atomic E-state index is 14.7. The van der Waals surface area contributed by atoms with Crippen molar-refractivity contribution < 1.29 is 18.7 Å². The van der Waals surface area contributed by atoms with Gasteiger partial charge >= 0.3 is 0 Å². The average molecular weight is 761 g/mol. The number of nitrogens with zero attached hydrogens (tertiary/aromatic N) is 5. The van der Waals surface area contributed by atoms with Crippen molar-refractivity contribution in [1.29, 1.82) is 0 Å². The maximum Gasteiger partial charge on any atom is 0.242 e. The largest absolute Gasteiger partial charge is 0.390 e. The predicted octanol–water partition coefficient (Wildman–Crippen LogP) is 7.56. The van der Waals surface area contributed by atoms with Crippen molar-refractivity contribution in [2.24, 2.45) is 30.2 Å². The molecule has 3 heterocycles. The standard InChI is InChI=1S/C40H41Cl2F2N7O2/c1-39(2,53)40-17-25(40)31-33(34(31)40)28-12-10-22(23-9-11-26(41)32-36(23)50(4)49-38(32)45-3)35(47-28)29(15-19-13-20(43)16-21(44)14-19)46-30(52)18-51-37(42)24-7-5-6-8-27(24)48-51/h9-14,16,25,29,31,33-34,53H,5-8,15,17-18H2,1-4H3,(H,45,49)(H,46,52)/t25?,29-,31?,33?,34?,40+/m0/s1. The topological polar surface area (TPSA) is 110 Å². The number of halogens is 4. The summed E-state index contributed by atoms with van der Waals surface area (Å²) >= 11 is 13.5. The van der Waals surface area contributed by atoms with Crippen molar-refractivity contribution in [3.8, 4) is 11.1 Å². The quantitative estimate of drug-likeness (QED) is 0.136. The summed E-state index contributed by atoms with van der Waals surface area (Å²) in [6, 6.07) is 10.4. The zero-order chi connectivity index (χ0) is 37.1. The number of pyridine rings is 1. The third-order valence-corrected chi connectivity index (χ3v) is 13.3. The zero-order valence-electron chi connectivity index (χ0n) is 30.0. The molecule has 13 heteroatoms. The lowest BCUT2D eigenvalue weighted by Crippen LogP contribution is -2.41. The number of carbonyl (C=O) groups excluding carboxylic acids is 1. The molecule has 0 spiro atoms. The van der Waals surface area contributed by atoms with Gasteiger partial charge in [-0.25, -0.2) is 13.5 Å². The van der Waals surface area contributed by atoms with Crippen LogP contribution in [0, 0.1) is 34.8 Å². The van der Waals surface area contributed by atoms with Crippen LogP contribution >= 0.6 is 23.2 Å². The summed E-state index contributed by atoms with van der Waals surface area (Å²) < 4.78 is 32.6. The minimum atomic E-state index is -0.806. The molecule has 9 rings (SSSR count). The molecule has 3 aromatic heterocycles. The summed E-state index contributed by atoms with van der Waals surface area (Å²) in [7, 11) is 3.63. The minimum Gasteiger partial charge on any atom is -0.390 e. The second kappa shape index (κ2) is 12.2. The van der Waals surface area contributed by atoms with Crippen LogP contribution in [0.4, 0.5) is 14.6 Å². The molecule has 6 atom stereocenters. The van der Waals surface area contributed by atoms with Crippen LogP contribution in [0.3, 0.4) is 0 Å². The number of rotatable bonds is 10. The van der Waals surface area contributed by atoms with Gasteiger partial charge in [0.25, 0.3) is 0 Å². The van der Waals surface area contributed by atoms with Gasteiger partial charge in [0.1, 0.15) is 23.3 Å². The Morgan fingerprint density at radius 1 is 1.08 bits per heavy atom. The van der Waals surface area contributed by atoms with Gasteiger partial charge in [0.15, 0.2) is 5.82 Å². The van der Waals surface area contributed by atoms with Crippen molar-refractivity contribution in [1.82, 2.24) is 29.9 Å². The molecular weight excluding hydrogens is 719 g/mol. The molecule has 1 amide bonds. The molecule has 3 N–H and O–H groups in total. The molecule has 4 aliphatic rings. The van der Waals surface area contributed by atoms with E-state index >= 15 is 0 Å². The normalized spacial score (nSPS) is 24.5. The Balaban J connectivity index is 1.17. The number of anilines is 1. The first-order valence-corrected chi connectivity index (χ1v) is 19.1. The third-order valence-electron chi connectivity index (χ3n) is 12.6. The van der Waals surface area contributed by atoms with E-state index in [1.807, 2.05) is 45.2 Å². The Morgan fingerprint density at radius 2 is 1.81 bits per heavy atom. The Labute approximate surface area is 316 Å². The summed E-state index contributed by atoms with van der Waals surface area (Å²) in [5.41, 5.74) is 5.10. The second-order valence-corrected chi connectivity index (χ2v) is 16.7. The van der Waals surface area contributed by atoms with Crippen molar-refractivity contribution in [2.75, 3.05) is 12.4 Å². The van der Waals surface area contributed by atoms with Crippen molar-refractivity contribution >= 4 is 45.8 Å². The van der Waals surface area contributed by atoms with Crippen LogP contribution in [-0.2, 0) is 37.6 Å². The first-order chi connectivity index (χ1) is 25.3. The molecule has 53 heavy (non-hydrogen) atoms. The molecule has 3 fully saturated rings. The summed E-state index contributed by atoms with van der Waals surface area (Å²) in [6.07, 6.45) is 4.76. The molecule has 0 saturated heterocycles. The van der Waals surface area contributed by atoms with E-state index in [4.69, 9.17) is 28.2 Å². The maximum atomic E-state index is 14.7. The molecule has 4 unspecified atom stereocenters. The summed E-state index contributed by atoms with van der Waals surface area (Å²) in [4.78, 5) is 19.4. The van der Waals surface area contributed by atoms with Crippen molar-refractivity contribution in [3.05, 3.63) is 92.5 Å². The number of nitrogens with one attached hydrogen (secondary N) is 2. The highest BCUT2D eigenvalue weighted by Crippen LogP contribution is 2.92. The van der Waals surface area contributed by atoms with Gasteiger partial charge in [0, 0.05) is 53.9 Å². The lowest BCUT2D eigenvalue weighted by Gasteiger charge is -2.36. The third kappa shape index (κ3) is 5.40. The minimum absolute atomic E-state index is 0.0604. The van der Waals surface area contributed by atoms with Gasteiger partial charge in [0.05, 0.1) is 39.0 Å². The molecular formula is C40H41Cl2F2N7O2. The highest BCUT2D eigenvalue weighted by atomic mass is 35.5. The molecule has 4 aliphatic carbocycles. The lowest BCUT2D eigenvalue weighted by molar-refractivity contribution is -0.122. The van der Waals surface area contributed by atoms with Gasteiger partial charge in [-0.15, -0.1) is 0 Å². The van der Waals surface area contributed by atoms with Crippen LogP contribution in [0.2, 0.25) is 10.2 Å². The Hall–Kier alpha value is -4.06. The fourth-order valence-electron chi connectivity index (χ4n) is 10.2. The van der Waals surface area contributed by atoms with Crippen LogP contribution < -0.4 is 10.6 Å². The van der Waals surface area contributed by atoms with E-state index in [9.17, 15) is 18.7 Å². The van der Waals surface area contributed by atoms with Crippen LogP contribution in [-0.4, -0.2) is 48.2 Å². The van der Waals surface area contributed by atoms with Gasteiger partial charge in [-0.05, 0) is 100.0 Å². The fraction of sp³-hybridized carbons (Fsp3) is 0.450. The molecule has 9 nitrogen and oxygen atoms in total. The molecule has 3 saturated carbocycles. The van der Waals surface area contributed by atoms with E-state index in [0.29, 0.717) is 45.0 Å². The second-order valence-electron chi connectivity index (χ2n) is 15.9. The fourth-order valence-corrected chi connectivity index (χ4v) is 10.8. The number of amides is 1. The molecule has 5 aromatic rings. The van der Waals surface area contributed by atoms with E-state index in [2.05, 4.69) is 20.8 Å². The number of carbonyl (C=O) groups is 1. The number of hydrogen-bond donors (Lipinski definition) is 3. The number of fused-ring (bicyclic) bond motifs is 6. The predicted molar refractivity (Wildman–Crippen MR) is 200 cm³/mol. The average Bonchev–Trinajstić information content (AvgIpc) is 3.88. The van der Waals surface area contributed by atoms with Crippen LogP contribution in [0.1, 0.15) is 73.3 Å². The Morgan fingerprint density at radius 3 is 2.51 bits per heavy atom. The smallest absolute Gasteiger partial charge is 0.242 e. The van der Waals surface area contributed by atoms with Gasteiger partial charge < -0.3 is 15.7 Å². The number of aliphatic hydroxyl groups is 1. The monoisotopic (exact) mass is 759 g/mol. The van der Waals surface area contributed by atoms with E-state index in [1.165, 1.54) is 12.1 Å². The first-order valence-electron chi connectivity index (χ1n) is 18.4. The first kappa shape index (κ1) is 34.7. The highest BCUT2D eigenvalue weighted by Gasteiger charge is 2.89. The summed E-state index contributed by atoms with van der Waals surface area (Å²) in [5, 5.41) is 28.5. The Kier molecular flexibility index (Phi) is 8.00. The van der Waals surface area contributed by atoms with Gasteiger partial charge in [-0.3, -0.25) is 14.5 Å². The van der Waals surface area contributed by atoms with Gasteiger partial charge in [0.2, 0.25) is 5.91 Å². The van der Waals surface area contributed by atoms with Crippen LogP contribution in [0.25, 0.3) is 22.0 Å². The van der Waals surface area contributed by atoms with Crippen LogP contribution in [0.5, 0.6) is 0 Å². The van der Waals surface area contributed by atoms with E-state index in [0.717, 1.165) is 77.2 Å². The summed E-state index contributed by atoms with van der Waals surface area (Å²) in [6.45, 7) is 3.69. The molecule has 0 bridgehead atoms. The number of aryl methyl sites for hydroxylation is 2. The highest BCUT2D eigenvalue weighted by molar-refractivity contribution is 6.37. The number of benzene rings is 2. The van der Waals surface area contributed by atoms with Gasteiger partial charge in [-0.2, -0.15) is 10.2 Å². The molecule has 276 valence electrons. The van der Waals surface area contributed by atoms with Crippen molar-refractivity contribution in [3.63, 3.8) is 0 Å². The van der Waals surface area contributed by atoms with Crippen LogP contribution in [0.15, 0.2) is 42.5 Å². The van der Waals surface area contributed by atoms with Gasteiger partial charge in [-0.1, -0.05) is 35.3 Å². The lowest BCUT2D eigenvalue weighted by atomic mass is 9.73. The van der Waals surface area contributed by atoms with E-state index in [1.54, 1.807) is 16.4 Å². The molecule has 0 radical (unpaired) electrons. The number of aromatic nitrogens is 5. The zero-order valence-corrected chi connectivity index (χ0v) is 31.5.